The van der Waals surface area contributed by atoms with Crippen LogP contribution in [0.15, 0.2) is 0 Å². The molecule has 1 aliphatic heterocycles. The number of carbonyl (C=O) groups excluding carboxylic acids is 3. The fourth-order valence-electron chi connectivity index (χ4n) is 8.40. The van der Waals surface area contributed by atoms with Gasteiger partial charge in [0.1, 0.15) is 11.9 Å². The monoisotopic (exact) mass is 528 g/mol. The molecule has 3 N–H and O–H groups in total. The van der Waals surface area contributed by atoms with E-state index < -0.39 is 50.6 Å². The van der Waals surface area contributed by atoms with Gasteiger partial charge in [0.15, 0.2) is 6.10 Å². The van der Waals surface area contributed by atoms with Crippen LogP contribution in [0.1, 0.15) is 71.6 Å². The van der Waals surface area contributed by atoms with Crippen molar-refractivity contribution in [3.05, 3.63) is 0 Å². The number of phosphoric acid groups is 1. The molecule has 202 valence electrons. The molecule has 11 heteroatoms. The van der Waals surface area contributed by atoms with Gasteiger partial charge < -0.3 is 19.8 Å². The van der Waals surface area contributed by atoms with E-state index in [1.165, 1.54) is 0 Å². The maximum Gasteiger partial charge on any atom is 0.473 e. The van der Waals surface area contributed by atoms with Crippen molar-refractivity contribution in [3.63, 3.8) is 0 Å². The van der Waals surface area contributed by atoms with Gasteiger partial charge in [-0.1, -0.05) is 13.8 Å². The van der Waals surface area contributed by atoms with Crippen molar-refractivity contribution >= 4 is 25.4 Å². The lowest BCUT2D eigenvalue weighted by atomic mass is 9.45. The Bertz CT molecular complexity index is 984. The van der Waals surface area contributed by atoms with Gasteiger partial charge >= 0.3 is 13.8 Å². The number of rotatable bonds is 6. The first-order valence-corrected chi connectivity index (χ1v) is 14.6. The number of fused-ring (bicyclic) bond motifs is 5. The molecule has 36 heavy (non-hydrogen) atoms. The second-order valence-corrected chi connectivity index (χ2v) is 13.4. The molecule has 11 atom stereocenters. The first-order chi connectivity index (χ1) is 16.9. The van der Waals surface area contributed by atoms with Crippen LogP contribution in [0.3, 0.4) is 0 Å². The second kappa shape index (κ2) is 9.24. The van der Waals surface area contributed by atoms with Crippen LogP contribution in [0.2, 0.25) is 0 Å². The predicted molar refractivity (Wildman–Crippen MR) is 124 cm³/mol. The summed E-state index contributed by atoms with van der Waals surface area (Å²) < 4.78 is 27.8. The topological polar surface area (TPSA) is 157 Å². The van der Waals surface area contributed by atoms with E-state index in [1.807, 2.05) is 0 Å². The predicted octanol–water partition coefficient (Wildman–Crippen LogP) is 2.32. The molecule has 0 aromatic carbocycles. The Morgan fingerprint density at radius 2 is 1.81 bits per heavy atom. The molecule has 0 spiro atoms. The molecule has 0 amide bonds. The van der Waals surface area contributed by atoms with E-state index >= 15 is 0 Å². The summed E-state index contributed by atoms with van der Waals surface area (Å²) in [4.78, 5) is 47.3. The Morgan fingerprint density at radius 3 is 2.53 bits per heavy atom. The number of hydrogen-bond acceptors (Lipinski definition) is 9. The van der Waals surface area contributed by atoms with Gasteiger partial charge in [-0.3, -0.25) is 18.6 Å². The van der Waals surface area contributed by atoms with Crippen molar-refractivity contribution < 1.29 is 47.8 Å². The average molecular weight is 529 g/mol. The zero-order valence-corrected chi connectivity index (χ0v) is 21.7. The van der Waals surface area contributed by atoms with Crippen molar-refractivity contribution in [2.24, 2.45) is 34.5 Å². The summed E-state index contributed by atoms with van der Waals surface area (Å²) in [6.07, 6.45) is 1.84. The molecule has 0 aromatic rings. The van der Waals surface area contributed by atoms with Crippen LogP contribution in [-0.2, 0) is 32.7 Å². The highest BCUT2D eigenvalue weighted by Gasteiger charge is 2.60. The number of cyclic esters (lactones) is 1. The number of hydrogen-bond donors (Lipinski definition) is 3. The van der Waals surface area contributed by atoms with E-state index in [-0.39, 0.29) is 10.8 Å². The number of esters is 1. The molecule has 4 saturated carbocycles. The van der Waals surface area contributed by atoms with E-state index in [9.17, 15) is 28.9 Å². The molecule has 5 rings (SSSR count). The second-order valence-electron chi connectivity index (χ2n) is 12.0. The molecule has 4 aliphatic carbocycles. The van der Waals surface area contributed by atoms with Crippen LogP contribution in [0.25, 0.3) is 0 Å². The van der Waals surface area contributed by atoms with Gasteiger partial charge in [0, 0.05) is 11.8 Å². The van der Waals surface area contributed by atoms with E-state index in [1.54, 1.807) is 0 Å². The van der Waals surface area contributed by atoms with Gasteiger partial charge in [-0.25, -0.2) is 9.36 Å². The van der Waals surface area contributed by atoms with Crippen molar-refractivity contribution in [2.75, 3.05) is 6.61 Å². The summed E-state index contributed by atoms with van der Waals surface area (Å²) in [5, 5.41) is 18.6. The minimum Gasteiger partial charge on any atom is -0.449 e. The smallest absolute Gasteiger partial charge is 0.449 e. The third kappa shape index (κ3) is 4.22. The molecule has 10 nitrogen and oxygen atoms in total. The Labute approximate surface area is 210 Å². The van der Waals surface area contributed by atoms with Gasteiger partial charge in [-0.2, -0.15) is 0 Å². The summed E-state index contributed by atoms with van der Waals surface area (Å²) in [6.45, 7) is 3.68. The lowest BCUT2D eigenvalue weighted by Gasteiger charge is -2.60. The Kier molecular flexibility index (Phi) is 6.79. The van der Waals surface area contributed by atoms with Gasteiger partial charge in [0.2, 0.25) is 11.9 Å². The lowest BCUT2D eigenvalue weighted by molar-refractivity contribution is -0.151. The Balaban J connectivity index is 1.22. The Morgan fingerprint density at radius 1 is 1.06 bits per heavy atom. The number of carbonyl (C=O) groups is 3. The standard InChI is InChI=1S/C25H37O10P/c1-24-9-7-14(34-36(31,32)35-22-20(29)21(18(27)12-26)33-23(22)30)11-13(24)3-4-15-16-5-6-19(28)25(16,2)10-8-17(15)24/h13-18,21-22,26-27H,3-12H2,1-2H3,(H,31,32)/t13?,14-,15?,16?,17?,18?,21?,22?,24-,25-/m0/s1. The SMILES string of the molecule is C[C@]12CC[C@H](OP(=O)(O)OC3C(=O)OC(C(O)CO)C3=O)CC1CCC1C2CC[C@]2(C)C(=O)CCC12. The van der Waals surface area contributed by atoms with Crippen LogP contribution >= 0.6 is 7.82 Å². The molecule has 0 bridgehead atoms. The molecular weight excluding hydrogens is 491 g/mol. The van der Waals surface area contributed by atoms with Gasteiger partial charge in [-0.15, -0.1) is 0 Å². The summed E-state index contributed by atoms with van der Waals surface area (Å²) in [5.41, 5.74) is -0.0917. The number of ketones is 2. The maximum atomic E-state index is 12.7. The average Bonchev–Trinajstić information content (AvgIpc) is 3.28. The number of ether oxygens (including phenoxy) is 1. The van der Waals surface area contributed by atoms with Gasteiger partial charge in [0.25, 0.3) is 0 Å². The minimum atomic E-state index is -4.78. The first-order valence-electron chi connectivity index (χ1n) is 13.2. The fraction of sp³-hybridized carbons (Fsp3) is 0.880. The van der Waals surface area contributed by atoms with Gasteiger partial charge in [-0.05, 0) is 80.5 Å². The van der Waals surface area contributed by atoms with E-state index in [0.717, 1.165) is 38.5 Å². The summed E-state index contributed by atoms with van der Waals surface area (Å²) in [5.74, 6) is 0.0422. The van der Waals surface area contributed by atoms with Crippen LogP contribution in [0.4, 0.5) is 0 Å². The van der Waals surface area contributed by atoms with E-state index in [4.69, 9.17) is 18.9 Å². The highest BCUT2D eigenvalue weighted by molar-refractivity contribution is 7.47. The first kappa shape index (κ1) is 26.4. The van der Waals surface area contributed by atoms with Crippen molar-refractivity contribution in [1.82, 2.24) is 0 Å². The fourth-order valence-corrected chi connectivity index (χ4v) is 9.48. The molecule has 8 unspecified atom stereocenters. The molecule has 0 radical (unpaired) electrons. The molecular formula is C25H37O10P. The Hall–Kier alpha value is -1.16. The van der Waals surface area contributed by atoms with Crippen LogP contribution in [0.5, 0.6) is 0 Å². The van der Waals surface area contributed by atoms with E-state index in [2.05, 4.69) is 13.8 Å². The third-order valence-electron chi connectivity index (χ3n) is 10.4. The zero-order valence-electron chi connectivity index (χ0n) is 20.8. The molecule has 1 saturated heterocycles. The summed E-state index contributed by atoms with van der Waals surface area (Å²) in [6, 6.07) is 0. The molecule has 1 heterocycles. The van der Waals surface area contributed by atoms with E-state index in [0.29, 0.717) is 48.7 Å². The highest BCUT2D eigenvalue weighted by Crippen LogP contribution is 2.66. The van der Waals surface area contributed by atoms with Crippen molar-refractivity contribution in [1.29, 1.82) is 0 Å². The molecule has 0 aromatic heterocycles. The van der Waals surface area contributed by atoms with Crippen LogP contribution in [0, 0.1) is 34.5 Å². The normalized spacial score (nSPS) is 46.9. The quantitative estimate of drug-likeness (QED) is 0.266. The van der Waals surface area contributed by atoms with Crippen LogP contribution in [-0.4, -0.2) is 63.7 Å². The number of phosphoric ester groups is 1. The van der Waals surface area contributed by atoms with Gasteiger partial charge in [0.05, 0.1) is 12.7 Å². The van der Waals surface area contributed by atoms with Crippen LogP contribution < -0.4 is 0 Å². The summed E-state index contributed by atoms with van der Waals surface area (Å²) in [7, 11) is -4.78. The summed E-state index contributed by atoms with van der Waals surface area (Å²) >= 11 is 0. The zero-order chi connectivity index (χ0) is 26.0. The van der Waals surface area contributed by atoms with Crippen molar-refractivity contribution in [2.45, 2.75) is 96.1 Å². The maximum absolute atomic E-state index is 12.7. The lowest BCUT2D eigenvalue weighted by Crippen LogP contribution is -2.54. The number of Topliss-reactive ketones (excluding diaryl/α,β-unsaturated/α-hetero) is 2. The minimum absolute atomic E-state index is 0.0783. The number of aliphatic hydroxyl groups is 2. The number of aliphatic hydroxyl groups excluding tert-OH is 2. The third-order valence-corrected chi connectivity index (χ3v) is 11.4. The highest BCUT2D eigenvalue weighted by atomic mass is 31.2. The molecule has 5 aliphatic rings. The molecule has 5 fully saturated rings. The largest absolute Gasteiger partial charge is 0.473 e. The van der Waals surface area contributed by atoms with Crippen molar-refractivity contribution in [3.8, 4) is 0 Å².